The number of nitrogens with one attached hydrogen (secondary N) is 1. The van der Waals surface area contributed by atoms with Crippen LogP contribution in [-0.4, -0.2) is 22.0 Å². The predicted octanol–water partition coefficient (Wildman–Crippen LogP) is 5.11. The first kappa shape index (κ1) is 21.8. The maximum Gasteiger partial charge on any atom is 0.315 e. The quantitative estimate of drug-likeness (QED) is 0.397. The van der Waals surface area contributed by atoms with Crippen LogP contribution in [0.2, 0.25) is 0 Å². The van der Waals surface area contributed by atoms with Gasteiger partial charge in [0.15, 0.2) is 23.6 Å². The molecule has 1 atom stereocenters. The summed E-state index contributed by atoms with van der Waals surface area (Å²) in [6, 6.07) is 11.8. The first-order valence-corrected chi connectivity index (χ1v) is 9.62. The lowest BCUT2D eigenvalue weighted by atomic mass is 9.90. The molecule has 166 valence electrons. The summed E-state index contributed by atoms with van der Waals surface area (Å²) in [6.07, 6.45) is 3.51. The van der Waals surface area contributed by atoms with Crippen molar-refractivity contribution in [3.8, 4) is 0 Å². The third-order valence-corrected chi connectivity index (χ3v) is 4.91. The zero-order valence-corrected chi connectivity index (χ0v) is 16.8. The van der Waals surface area contributed by atoms with Gasteiger partial charge in [0.25, 0.3) is 0 Å². The van der Waals surface area contributed by atoms with Crippen LogP contribution in [0.25, 0.3) is 17.2 Å². The van der Waals surface area contributed by atoms with E-state index < -0.39 is 35.2 Å². The summed E-state index contributed by atoms with van der Waals surface area (Å²) in [5.41, 5.74) is 1.10. The van der Waals surface area contributed by atoms with E-state index in [-0.39, 0.29) is 16.8 Å². The minimum absolute atomic E-state index is 0.0752. The Hall–Kier alpha value is -4.40. The van der Waals surface area contributed by atoms with E-state index in [1.165, 1.54) is 48.9 Å². The van der Waals surface area contributed by atoms with Crippen LogP contribution in [0.4, 0.5) is 18.9 Å². The van der Waals surface area contributed by atoms with Gasteiger partial charge < -0.3 is 14.8 Å². The molecule has 1 unspecified atom stereocenters. The summed E-state index contributed by atoms with van der Waals surface area (Å²) in [6.45, 7) is 0. The molecule has 0 spiro atoms. The molecule has 0 bridgehead atoms. The number of carbonyl (C=O) groups excluding carboxylic acids is 1. The Labute approximate surface area is 185 Å². The molecule has 3 aromatic carbocycles. The molecule has 2 N–H and O–H groups in total. The SMILES string of the molecule is O=C(C=Cc1ccc(C(C(=O)O)c2ccc3ocnc3c2)c(F)c1)Nc1cccc(F)c1F. The van der Waals surface area contributed by atoms with Gasteiger partial charge in [-0.15, -0.1) is 0 Å². The molecule has 4 aromatic rings. The molecule has 6 nitrogen and oxygen atoms in total. The van der Waals surface area contributed by atoms with Crippen LogP contribution in [0.1, 0.15) is 22.6 Å². The minimum Gasteiger partial charge on any atom is -0.481 e. The summed E-state index contributed by atoms with van der Waals surface area (Å²) in [7, 11) is 0. The maximum absolute atomic E-state index is 14.8. The van der Waals surface area contributed by atoms with Gasteiger partial charge in [-0.3, -0.25) is 9.59 Å². The van der Waals surface area contributed by atoms with Crippen molar-refractivity contribution in [2.45, 2.75) is 5.92 Å². The monoisotopic (exact) mass is 452 g/mol. The molecule has 0 fully saturated rings. The van der Waals surface area contributed by atoms with E-state index in [2.05, 4.69) is 10.3 Å². The number of carbonyl (C=O) groups is 2. The van der Waals surface area contributed by atoms with Crippen LogP contribution < -0.4 is 5.32 Å². The summed E-state index contributed by atoms with van der Waals surface area (Å²) in [5, 5.41) is 11.9. The molecule has 0 aliphatic carbocycles. The van der Waals surface area contributed by atoms with E-state index in [4.69, 9.17) is 4.42 Å². The molecule has 0 radical (unpaired) electrons. The fraction of sp³-hybridized carbons (Fsp3) is 0.0417. The zero-order chi connectivity index (χ0) is 23.5. The number of rotatable bonds is 6. The second kappa shape index (κ2) is 8.99. The Bertz CT molecular complexity index is 1400. The Balaban J connectivity index is 1.55. The van der Waals surface area contributed by atoms with E-state index in [1.54, 1.807) is 6.07 Å². The van der Waals surface area contributed by atoms with Crippen molar-refractivity contribution in [3.05, 3.63) is 101 Å². The second-order valence-corrected chi connectivity index (χ2v) is 7.06. The summed E-state index contributed by atoms with van der Waals surface area (Å²) in [4.78, 5) is 27.9. The van der Waals surface area contributed by atoms with Crippen LogP contribution in [0.5, 0.6) is 0 Å². The van der Waals surface area contributed by atoms with Crippen molar-refractivity contribution < 1.29 is 32.3 Å². The number of oxazole rings is 1. The van der Waals surface area contributed by atoms with Crippen LogP contribution in [0.3, 0.4) is 0 Å². The predicted molar refractivity (Wildman–Crippen MR) is 114 cm³/mol. The van der Waals surface area contributed by atoms with Crippen LogP contribution >= 0.6 is 0 Å². The van der Waals surface area contributed by atoms with Crippen LogP contribution in [0, 0.1) is 17.5 Å². The number of hydrogen-bond acceptors (Lipinski definition) is 4. The lowest BCUT2D eigenvalue weighted by Gasteiger charge is -2.14. The number of anilines is 1. The van der Waals surface area contributed by atoms with Crippen molar-refractivity contribution in [2.75, 3.05) is 5.32 Å². The first-order valence-electron chi connectivity index (χ1n) is 9.62. The van der Waals surface area contributed by atoms with E-state index in [0.717, 1.165) is 18.2 Å². The molecule has 1 aromatic heterocycles. The molecule has 9 heteroatoms. The Kier molecular flexibility index (Phi) is 5.95. The van der Waals surface area contributed by atoms with Crippen LogP contribution in [0.15, 0.2) is 71.5 Å². The van der Waals surface area contributed by atoms with Gasteiger partial charge in [-0.2, -0.15) is 0 Å². The highest BCUT2D eigenvalue weighted by molar-refractivity contribution is 6.02. The second-order valence-electron chi connectivity index (χ2n) is 7.06. The largest absolute Gasteiger partial charge is 0.481 e. The number of halogens is 3. The van der Waals surface area contributed by atoms with E-state index in [9.17, 15) is 27.9 Å². The number of aliphatic carboxylic acids is 1. The Morgan fingerprint density at radius 1 is 1.03 bits per heavy atom. The van der Waals surface area contributed by atoms with E-state index in [1.807, 2.05) is 0 Å². The lowest BCUT2D eigenvalue weighted by Crippen LogP contribution is -2.15. The number of benzene rings is 3. The number of carboxylic acid groups (broad SMARTS) is 1. The third-order valence-electron chi connectivity index (χ3n) is 4.91. The number of carboxylic acids is 1. The molecule has 1 heterocycles. The number of fused-ring (bicyclic) bond motifs is 1. The normalized spacial score (nSPS) is 12.2. The molecule has 0 saturated heterocycles. The van der Waals surface area contributed by atoms with E-state index in [0.29, 0.717) is 16.7 Å². The highest BCUT2D eigenvalue weighted by atomic mass is 19.2. The number of amides is 1. The van der Waals surface area contributed by atoms with Gasteiger partial charge in [-0.25, -0.2) is 18.2 Å². The lowest BCUT2D eigenvalue weighted by molar-refractivity contribution is -0.137. The highest BCUT2D eigenvalue weighted by Crippen LogP contribution is 2.30. The van der Waals surface area contributed by atoms with Gasteiger partial charge in [-0.1, -0.05) is 24.3 Å². The van der Waals surface area contributed by atoms with Gasteiger partial charge in [-0.05, 0) is 47.5 Å². The van der Waals surface area contributed by atoms with Crippen molar-refractivity contribution in [2.24, 2.45) is 0 Å². The average Bonchev–Trinajstić information content (AvgIpc) is 3.25. The third kappa shape index (κ3) is 4.62. The van der Waals surface area contributed by atoms with Gasteiger partial charge in [0.2, 0.25) is 5.91 Å². The zero-order valence-electron chi connectivity index (χ0n) is 16.8. The molecule has 1 amide bonds. The molecule has 0 aliphatic heterocycles. The molecular formula is C24H15F3N2O4. The summed E-state index contributed by atoms with van der Waals surface area (Å²) in [5.74, 6) is -6.39. The Morgan fingerprint density at radius 2 is 1.85 bits per heavy atom. The fourth-order valence-corrected chi connectivity index (χ4v) is 3.34. The number of hydrogen-bond donors (Lipinski definition) is 2. The van der Waals surface area contributed by atoms with Crippen molar-refractivity contribution in [1.29, 1.82) is 0 Å². The Morgan fingerprint density at radius 3 is 2.61 bits per heavy atom. The maximum atomic E-state index is 14.8. The molecule has 4 rings (SSSR count). The molecular weight excluding hydrogens is 437 g/mol. The summed E-state index contributed by atoms with van der Waals surface area (Å²) >= 11 is 0. The summed E-state index contributed by atoms with van der Waals surface area (Å²) < 4.78 is 46.9. The smallest absolute Gasteiger partial charge is 0.315 e. The molecule has 33 heavy (non-hydrogen) atoms. The van der Waals surface area contributed by atoms with Gasteiger partial charge in [0.1, 0.15) is 17.3 Å². The standard InChI is InChI=1S/C24H15F3N2O4/c25-16-2-1-3-18(23(16)27)29-21(30)9-5-13-4-7-15(17(26)10-13)22(24(31)32)14-6-8-20-19(11-14)28-12-33-20/h1-12,22H,(H,29,30)(H,31,32). The molecule has 0 aliphatic rings. The van der Waals surface area contributed by atoms with Crippen molar-refractivity contribution >= 4 is 34.7 Å². The number of nitrogens with zero attached hydrogens (tertiary/aromatic N) is 1. The average molecular weight is 452 g/mol. The van der Waals surface area contributed by atoms with Crippen molar-refractivity contribution in [3.63, 3.8) is 0 Å². The first-order chi connectivity index (χ1) is 15.8. The molecule has 0 saturated carbocycles. The fourth-order valence-electron chi connectivity index (χ4n) is 3.34. The van der Waals surface area contributed by atoms with Crippen molar-refractivity contribution in [1.82, 2.24) is 4.98 Å². The van der Waals surface area contributed by atoms with Gasteiger partial charge >= 0.3 is 5.97 Å². The topological polar surface area (TPSA) is 92.4 Å². The van der Waals surface area contributed by atoms with Gasteiger partial charge in [0, 0.05) is 11.6 Å². The minimum atomic E-state index is -1.29. The van der Waals surface area contributed by atoms with Crippen LogP contribution in [-0.2, 0) is 9.59 Å². The van der Waals surface area contributed by atoms with Gasteiger partial charge in [0.05, 0.1) is 5.69 Å². The highest BCUT2D eigenvalue weighted by Gasteiger charge is 2.26. The van der Waals surface area contributed by atoms with E-state index >= 15 is 0 Å². The number of aromatic nitrogens is 1.